The summed E-state index contributed by atoms with van der Waals surface area (Å²) < 4.78 is 26.9. The number of nitrogens with two attached hydrogens (primary N) is 1. The van der Waals surface area contributed by atoms with Gasteiger partial charge in [-0.05, 0) is 29.7 Å². The molecule has 2 rings (SSSR count). The molecule has 0 spiro atoms. The van der Waals surface area contributed by atoms with Crippen molar-refractivity contribution in [1.82, 2.24) is 4.72 Å². The van der Waals surface area contributed by atoms with E-state index in [2.05, 4.69) is 4.72 Å². The van der Waals surface area contributed by atoms with Gasteiger partial charge < -0.3 is 15.9 Å². The highest BCUT2D eigenvalue weighted by Crippen LogP contribution is 2.30. The number of sulfonamides is 1. The Morgan fingerprint density at radius 2 is 1.72 bits per heavy atom. The number of amides is 1. The summed E-state index contributed by atoms with van der Waals surface area (Å²) in [6.07, 6.45) is 0.272. The zero-order valence-electron chi connectivity index (χ0n) is 13.4. The van der Waals surface area contributed by atoms with Crippen molar-refractivity contribution in [2.24, 2.45) is 5.73 Å². The zero-order chi connectivity index (χ0) is 18.5. The smallest absolute Gasteiger partial charge is 0.258 e. The molecule has 1 atom stereocenters. The van der Waals surface area contributed by atoms with Crippen LogP contribution < -0.4 is 10.5 Å². The maximum atomic E-state index is 12.3. The number of nitrogens with one attached hydrogen (secondary N) is 1. The second kappa shape index (κ2) is 7.75. The predicted molar refractivity (Wildman–Crippen MR) is 92.0 cm³/mol. The molecule has 2 aromatic carbocycles. The van der Waals surface area contributed by atoms with E-state index in [0.29, 0.717) is 0 Å². The molecule has 5 N–H and O–H groups in total. The SMILES string of the molecule is NC(=O)C(O)(c1ccccc1)c1cccc(S(=O)(=O)NCCCO)c1. The molecule has 1 unspecified atom stereocenters. The van der Waals surface area contributed by atoms with Crippen LogP contribution in [0.5, 0.6) is 0 Å². The van der Waals surface area contributed by atoms with Crippen molar-refractivity contribution in [3.63, 3.8) is 0 Å². The summed E-state index contributed by atoms with van der Waals surface area (Å²) in [5, 5.41) is 19.7. The monoisotopic (exact) mass is 364 g/mol. The average Bonchev–Trinajstić information content (AvgIpc) is 2.62. The van der Waals surface area contributed by atoms with Gasteiger partial charge in [-0.1, -0.05) is 42.5 Å². The van der Waals surface area contributed by atoms with Crippen LogP contribution >= 0.6 is 0 Å². The van der Waals surface area contributed by atoms with Gasteiger partial charge in [0.25, 0.3) is 5.91 Å². The van der Waals surface area contributed by atoms with Crippen LogP contribution in [0.4, 0.5) is 0 Å². The highest BCUT2D eigenvalue weighted by Gasteiger charge is 2.38. The van der Waals surface area contributed by atoms with Crippen molar-refractivity contribution in [2.45, 2.75) is 16.9 Å². The molecular weight excluding hydrogens is 344 g/mol. The van der Waals surface area contributed by atoms with Gasteiger partial charge in [-0.3, -0.25) is 4.79 Å². The highest BCUT2D eigenvalue weighted by molar-refractivity contribution is 7.89. The Hall–Kier alpha value is -2.26. The Balaban J connectivity index is 2.47. The van der Waals surface area contributed by atoms with E-state index < -0.39 is 21.5 Å². The number of aliphatic hydroxyl groups excluding tert-OH is 1. The fraction of sp³-hybridized carbons (Fsp3) is 0.235. The zero-order valence-corrected chi connectivity index (χ0v) is 14.2. The summed E-state index contributed by atoms with van der Waals surface area (Å²) >= 11 is 0. The molecule has 0 aliphatic heterocycles. The number of hydrogen-bond donors (Lipinski definition) is 4. The number of rotatable bonds is 8. The first-order chi connectivity index (χ1) is 11.8. The molecule has 0 aliphatic rings. The van der Waals surface area contributed by atoms with Crippen LogP contribution in [0.15, 0.2) is 59.5 Å². The summed E-state index contributed by atoms with van der Waals surface area (Å²) in [7, 11) is -3.85. The molecule has 0 bridgehead atoms. The van der Waals surface area contributed by atoms with Gasteiger partial charge in [0.05, 0.1) is 4.90 Å². The standard InChI is InChI=1S/C17H20N2O5S/c18-16(21)17(22,13-6-2-1-3-7-13)14-8-4-9-15(12-14)25(23,24)19-10-5-11-20/h1-4,6-9,12,19-20,22H,5,10-11H2,(H2,18,21). The average molecular weight is 364 g/mol. The molecule has 0 heterocycles. The predicted octanol–water partition coefficient (Wildman–Crippen LogP) is 0.0685. The van der Waals surface area contributed by atoms with Crippen LogP contribution in [0.3, 0.4) is 0 Å². The van der Waals surface area contributed by atoms with Crippen LogP contribution in [0.25, 0.3) is 0 Å². The normalized spacial score (nSPS) is 14.0. The number of primary amides is 1. The second-order valence-electron chi connectivity index (χ2n) is 5.44. The topological polar surface area (TPSA) is 130 Å². The third-order valence-electron chi connectivity index (χ3n) is 3.74. The van der Waals surface area contributed by atoms with Gasteiger partial charge in [0.2, 0.25) is 10.0 Å². The van der Waals surface area contributed by atoms with E-state index in [9.17, 15) is 18.3 Å². The van der Waals surface area contributed by atoms with E-state index in [1.54, 1.807) is 18.2 Å². The molecule has 25 heavy (non-hydrogen) atoms. The largest absolute Gasteiger partial charge is 0.396 e. The number of benzene rings is 2. The van der Waals surface area contributed by atoms with Gasteiger partial charge in [0, 0.05) is 13.2 Å². The van der Waals surface area contributed by atoms with Crippen LogP contribution in [-0.4, -0.2) is 37.7 Å². The summed E-state index contributed by atoms with van der Waals surface area (Å²) in [6, 6.07) is 13.5. The lowest BCUT2D eigenvalue weighted by Crippen LogP contribution is -2.42. The minimum absolute atomic E-state index is 0.0521. The molecule has 8 heteroatoms. The number of carbonyl (C=O) groups is 1. The fourth-order valence-electron chi connectivity index (χ4n) is 2.39. The first kappa shape index (κ1) is 19.1. The highest BCUT2D eigenvalue weighted by atomic mass is 32.2. The van der Waals surface area contributed by atoms with Gasteiger partial charge in [0.1, 0.15) is 0 Å². The first-order valence-electron chi connectivity index (χ1n) is 7.61. The van der Waals surface area contributed by atoms with Crippen molar-refractivity contribution in [3.05, 3.63) is 65.7 Å². The van der Waals surface area contributed by atoms with Gasteiger partial charge in [-0.2, -0.15) is 0 Å². The minimum atomic E-state index is -3.85. The van der Waals surface area contributed by atoms with E-state index >= 15 is 0 Å². The minimum Gasteiger partial charge on any atom is -0.396 e. The Bertz CT molecular complexity index is 839. The van der Waals surface area contributed by atoms with Gasteiger partial charge in [0.15, 0.2) is 5.60 Å². The number of aliphatic hydroxyl groups is 2. The first-order valence-corrected chi connectivity index (χ1v) is 9.09. The van der Waals surface area contributed by atoms with E-state index in [1.165, 1.54) is 36.4 Å². The Morgan fingerprint density at radius 1 is 1.08 bits per heavy atom. The summed E-state index contributed by atoms with van der Waals surface area (Å²) in [5.74, 6) is -1.01. The van der Waals surface area contributed by atoms with Gasteiger partial charge >= 0.3 is 0 Å². The van der Waals surface area contributed by atoms with E-state index in [-0.39, 0.29) is 35.6 Å². The summed E-state index contributed by atoms with van der Waals surface area (Å²) in [6.45, 7) is -0.0696. The van der Waals surface area contributed by atoms with Crippen molar-refractivity contribution in [1.29, 1.82) is 0 Å². The molecule has 1 amide bonds. The van der Waals surface area contributed by atoms with Crippen molar-refractivity contribution < 1.29 is 23.4 Å². The quantitative estimate of drug-likeness (QED) is 0.493. The van der Waals surface area contributed by atoms with Crippen molar-refractivity contribution >= 4 is 15.9 Å². The molecule has 0 radical (unpaired) electrons. The molecular formula is C17H20N2O5S. The molecule has 0 saturated heterocycles. The molecule has 134 valence electrons. The molecule has 0 saturated carbocycles. The van der Waals surface area contributed by atoms with Crippen LogP contribution in [0, 0.1) is 0 Å². The van der Waals surface area contributed by atoms with Gasteiger partial charge in [-0.25, -0.2) is 13.1 Å². The van der Waals surface area contributed by atoms with Gasteiger partial charge in [-0.15, -0.1) is 0 Å². The third-order valence-corrected chi connectivity index (χ3v) is 5.20. The summed E-state index contributed by atoms with van der Waals surface area (Å²) in [5.41, 5.74) is 3.55. The fourth-order valence-corrected chi connectivity index (χ4v) is 3.51. The molecule has 0 aromatic heterocycles. The molecule has 2 aromatic rings. The lowest BCUT2D eigenvalue weighted by Gasteiger charge is -2.26. The van der Waals surface area contributed by atoms with Crippen LogP contribution in [0.1, 0.15) is 17.5 Å². The maximum Gasteiger partial charge on any atom is 0.258 e. The van der Waals surface area contributed by atoms with Crippen LogP contribution in [0.2, 0.25) is 0 Å². The second-order valence-corrected chi connectivity index (χ2v) is 7.21. The van der Waals surface area contributed by atoms with Crippen molar-refractivity contribution in [3.8, 4) is 0 Å². The Kier molecular flexibility index (Phi) is 5.91. The molecule has 0 fully saturated rings. The molecule has 0 aliphatic carbocycles. The number of carbonyl (C=O) groups excluding carboxylic acids is 1. The summed E-state index contributed by atoms with van der Waals surface area (Å²) in [4.78, 5) is 11.9. The Labute approximate surface area is 146 Å². The van der Waals surface area contributed by atoms with E-state index in [1.807, 2.05) is 0 Å². The van der Waals surface area contributed by atoms with Crippen molar-refractivity contribution in [2.75, 3.05) is 13.2 Å². The van der Waals surface area contributed by atoms with E-state index in [4.69, 9.17) is 10.8 Å². The molecule has 7 nitrogen and oxygen atoms in total. The third kappa shape index (κ3) is 4.05. The maximum absolute atomic E-state index is 12.3. The lowest BCUT2D eigenvalue weighted by molar-refractivity contribution is -0.133. The number of hydrogen-bond acceptors (Lipinski definition) is 5. The van der Waals surface area contributed by atoms with E-state index in [0.717, 1.165) is 0 Å². The lowest BCUT2D eigenvalue weighted by atomic mass is 9.86. The van der Waals surface area contributed by atoms with Crippen LogP contribution in [-0.2, 0) is 20.4 Å². The Morgan fingerprint density at radius 3 is 2.32 bits per heavy atom.